The van der Waals surface area contributed by atoms with E-state index in [0.717, 1.165) is 29.7 Å². The van der Waals surface area contributed by atoms with E-state index in [1.165, 1.54) is 0 Å². The molecule has 2 aromatic rings. The summed E-state index contributed by atoms with van der Waals surface area (Å²) in [5, 5.41) is 11.1. The highest BCUT2D eigenvalue weighted by molar-refractivity contribution is 5.94. The SMILES string of the molecule is CCNC(=O)C1CCC(N(C)C(=O)c2ccc(-c3nnc(OC)cc3C)cc2)C1. The van der Waals surface area contributed by atoms with E-state index in [-0.39, 0.29) is 23.8 Å². The van der Waals surface area contributed by atoms with Gasteiger partial charge in [-0.1, -0.05) is 12.1 Å². The second-order valence-corrected chi connectivity index (χ2v) is 7.47. The van der Waals surface area contributed by atoms with Crippen molar-refractivity contribution in [3.8, 4) is 17.1 Å². The molecule has 0 spiro atoms. The van der Waals surface area contributed by atoms with Gasteiger partial charge in [0.1, 0.15) is 0 Å². The van der Waals surface area contributed by atoms with Crippen LogP contribution in [0.25, 0.3) is 11.3 Å². The first-order valence-corrected chi connectivity index (χ1v) is 9.98. The number of hydrogen-bond acceptors (Lipinski definition) is 5. The van der Waals surface area contributed by atoms with Crippen molar-refractivity contribution in [3.05, 3.63) is 41.5 Å². The topological polar surface area (TPSA) is 84.4 Å². The third-order valence-electron chi connectivity index (χ3n) is 5.57. The first-order chi connectivity index (χ1) is 13.9. The number of carbonyl (C=O) groups excluding carboxylic acids is 2. The van der Waals surface area contributed by atoms with Crippen LogP contribution in [0.2, 0.25) is 0 Å². The number of methoxy groups -OCH3 is 1. The monoisotopic (exact) mass is 396 g/mol. The number of aryl methyl sites for hydroxylation is 1. The molecule has 1 heterocycles. The molecule has 1 N–H and O–H groups in total. The minimum atomic E-state index is -0.0318. The molecule has 2 amide bonds. The highest BCUT2D eigenvalue weighted by Crippen LogP contribution is 2.30. The molecule has 0 bridgehead atoms. The smallest absolute Gasteiger partial charge is 0.253 e. The van der Waals surface area contributed by atoms with Gasteiger partial charge in [0.2, 0.25) is 11.8 Å². The molecular formula is C22H28N4O3. The Balaban J connectivity index is 1.68. The fraction of sp³-hybridized carbons (Fsp3) is 0.455. The average Bonchev–Trinajstić information content (AvgIpc) is 3.23. The van der Waals surface area contributed by atoms with Gasteiger partial charge >= 0.3 is 0 Å². The Morgan fingerprint density at radius 3 is 2.55 bits per heavy atom. The van der Waals surface area contributed by atoms with E-state index >= 15 is 0 Å². The Labute approximate surface area is 171 Å². The van der Waals surface area contributed by atoms with Crippen LogP contribution in [-0.4, -0.2) is 53.7 Å². The second kappa shape index (κ2) is 9.03. The summed E-state index contributed by atoms with van der Waals surface area (Å²) in [5.74, 6) is 0.531. The van der Waals surface area contributed by atoms with Gasteiger partial charge in [-0.2, -0.15) is 0 Å². The highest BCUT2D eigenvalue weighted by atomic mass is 16.5. The maximum Gasteiger partial charge on any atom is 0.253 e. The third kappa shape index (κ3) is 4.55. The van der Waals surface area contributed by atoms with E-state index < -0.39 is 0 Å². The lowest BCUT2D eigenvalue weighted by Crippen LogP contribution is -2.36. The van der Waals surface area contributed by atoms with Gasteiger partial charge in [-0.25, -0.2) is 0 Å². The van der Waals surface area contributed by atoms with Crippen LogP contribution in [0, 0.1) is 12.8 Å². The van der Waals surface area contributed by atoms with Crippen molar-refractivity contribution < 1.29 is 14.3 Å². The number of hydrogen-bond donors (Lipinski definition) is 1. The van der Waals surface area contributed by atoms with Crippen LogP contribution < -0.4 is 10.1 Å². The molecule has 3 rings (SSSR count). The van der Waals surface area contributed by atoms with Crippen LogP contribution >= 0.6 is 0 Å². The van der Waals surface area contributed by atoms with Gasteiger partial charge in [-0.05, 0) is 50.8 Å². The van der Waals surface area contributed by atoms with Crippen molar-refractivity contribution in [2.24, 2.45) is 5.92 Å². The van der Waals surface area contributed by atoms with Gasteiger partial charge in [0.05, 0.1) is 12.8 Å². The van der Waals surface area contributed by atoms with Crippen LogP contribution in [0.3, 0.4) is 0 Å². The minimum Gasteiger partial charge on any atom is -0.480 e. The zero-order valence-corrected chi connectivity index (χ0v) is 17.4. The Morgan fingerprint density at radius 2 is 1.93 bits per heavy atom. The van der Waals surface area contributed by atoms with E-state index in [1.54, 1.807) is 12.0 Å². The average molecular weight is 396 g/mol. The number of ether oxygens (including phenoxy) is 1. The first kappa shape index (κ1) is 20.8. The lowest BCUT2D eigenvalue weighted by molar-refractivity contribution is -0.124. The van der Waals surface area contributed by atoms with Crippen molar-refractivity contribution in [3.63, 3.8) is 0 Å². The van der Waals surface area contributed by atoms with Gasteiger partial charge in [-0.15, -0.1) is 10.2 Å². The minimum absolute atomic E-state index is 0.00537. The highest BCUT2D eigenvalue weighted by Gasteiger charge is 2.33. The van der Waals surface area contributed by atoms with Gasteiger partial charge in [-0.3, -0.25) is 9.59 Å². The van der Waals surface area contributed by atoms with Crippen molar-refractivity contribution in [2.75, 3.05) is 20.7 Å². The predicted octanol–water partition coefficient (Wildman–Crippen LogP) is 2.84. The molecule has 0 radical (unpaired) electrons. The summed E-state index contributed by atoms with van der Waals surface area (Å²) < 4.78 is 5.10. The van der Waals surface area contributed by atoms with Crippen LogP contribution in [-0.2, 0) is 4.79 Å². The van der Waals surface area contributed by atoms with Crippen molar-refractivity contribution in [1.29, 1.82) is 0 Å². The summed E-state index contributed by atoms with van der Waals surface area (Å²) in [6, 6.07) is 9.32. The number of nitrogens with zero attached hydrogens (tertiary/aromatic N) is 3. The van der Waals surface area contributed by atoms with Crippen molar-refractivity contribution >= 4 is 11.8 Å². The molecule has 7 nitrogen and oxygen atoms in total. The molecule has 1 saturated carbocycles. The Bertz CT molecular complexity index is 882. The number of rotatable bonds is 6. The molecular weight excluding hydrogens is 368 g/mol. The Morgan fingerprint density at radius 1 is 1.21 bits per heavy atom. The van der Waals surface area contributed by atoms with Gasteiger partial charge in [0, 0.05) is 42.7 Å². The summed E-state index contributed by atoms with van der Waals surface area (Å²) in [6.45, 7) is 4.51. The van der Waals surface area contributed by atoms with Crippen LogP contribution in [0.4, 0.5) is 0 Å². The molecule has 0 aliphatic heterocycles. The fourth-order valence-electron chi connectivity index (χ4n) is 3.85. The summed E-state index contributed by atoms with van der Waals surface area (Å²) in [6.07, 6.45) is 2.39. The molecule has 1 aliphatic carbocycles. The summed E-state index contributed by atoms with van der Waals surface area (Å²) in [4.78, 5) is 26.7. The molecule has 1 aromatic heterocycles. The molecule has 1 aromatic carbocycles. The summed E-state index contributed by atoms with van der Waals surface area (Å²) in [7, 11) is 3.38. The molecule has 2 atom stereocenters. The van der Waals surface area contributed by atoms with E-state index in [0.29, 0.717) is 24.4 Å². The molecule has 0 saturated heterocycles. The zero-order chi connectivity index (χ0) is 21.0. The molecule has 2 unspecified atom stereocenters. The molecule has 29 heavy (non-hydrogen) atoms. The van der Waals surface area contributed by atoms with Gasteiger partial charge < -0.3 is 15.0 Å². The van der Waals surface area contributed by atoms with Gasteiger partial charge in [0.15, 0.2) is 0 Å². The lowest BCUT2D eigenvalue weighted by atomic mass is 10.0. The van der Waals surface area contributed by atoms with E-state index in [9.17, 15) is 9.59 Å². The maximum atomic E-state index is 12.9. The number of benzene rings is 1. The van der Waals surface area contributed by atoms with Gasteiger partial charge in [0.25, 0.3) is 5.91 Å². The van der Waals surface area contributed by atoms with E-state index in [2.05, 4.69) is 15.5 Å². The van der Waals surface area contributed by atoms with Crippen LogP contribution in [0.1, 0.15) is 42.1 Å². The summed E-state index contributed by atoms with van der Waals surface area (Å²) in [5.41, 5.74) is 3.24. The number of nitrogens with one attached hydrogen (secondary N) is 1. The number of amides is 2. The standard InChI is InChI=1S/C22H28N4O3/c1-5-23-21(27)17-10-11-18(13-17)26(3)22(28)16-8-6-15(7-9-16)20-14(2)12-19(29-4)24-25-20/h6-9,12,17-18H,5,10-11,13H2,1-4H3,(H,23,27). The predicted molar refractivity (Wildman–Crippen MR) is 111 cm³/mol. The Hall–Kier alpha value is -2.96. The summed E-state index contributed by atoms with van der Waals surface area (Å²) >= 11 is 0. The van der Waals surface area contributed by atoms with Crippen molar-refractivity contribution in [1.82, 2.24) is 20.4 Å². The van der Waals surface area contributed by atoms with E-state index in [1.807, 2.05) is 51.2 Å². The van der Waals surface area contributed by atoms with Crippen molar-refractivity contribution in [2.45, 2.75) is 39.2 Å². The third-order valence-corrected chi connectivity index (χ3v) is 5.57. The zero-order valence-electron chi connectivity index (χ0n) is 17.4. The largest absolute Gasteiger partial charge is 0.480 e. The molecule has 154 valence electrons. The normalized spacial score (nSPS) is 18.3. The first-order valence-electron chi connectivity index (χ1n) is 9.98. The Kier molecular flexibility index (Phi) is 6.46. The maximum absolute atomic E-state index is 12.9. The van der Waals surface area contributed by atoms with Crippen LogP contribution in [0.15, 0.2) is 30.3 Å². The lowest BCUT2D eigenvalue weighted by Gasteiger charge is -2.25. The number of carbonyl (C=O) groups is 2. The van der Waals surface area contributed by atoms with Crippen LogP contribution in [0.5, 0.6) is 5.88 Å². The van der Waals surface area contributed by atoms with E-state index in [4.69, 9.17) is 4.74 Å². The second-order valence-electron chi connectivity index (χ2n) is 7.47. The molecule has 7 heteroatoms. The molecule has 1 aliphatic rings. The number of aromatic nitrogens is 2. The fourth-order valence-corrected chi connectivity index (χ4v) is 3.85. The molecule has 1 fully saturated rings. The quantitative estimate of drug-likeness (QED) is 0.812.